The van der Waals surface area contributed by atoms with Gasteiger partial charge in [-0.3, -0.25) is 4.79 Å². The van der Waals surface area contributed by atoms with Crippen LogP contribution in [-0.4, -0.2) is 32.7 Å². The van der Waals surface area contributed by atoms with Gasteiger partial charge in [0.2, 0.25) is 5.91 Å². The third kappa shape index (κ3) is 4.11. The Morgan fingerprint density at radius 3 is 2.67 bits per heavy atom. The van der Waals surface area contributed by atoms with E-state index in [2.05, 4.69) is 10.6 Å². The molecule has 5 nitrogen and oxygen atoms in total. The van der Waals surface area contributed by atoms with E-state index in [1.54, 1.807) is 20.3 Å². The average Bonchev–Trinajstić information content (AvgIpc) is 3.00. The number of nitrogens with one attached hydrogen (secondary N) is 2. The van der Waals surface area contributed by atoms with Gasteiger partial charge in [-0.05, 0) is 44.4 Å². The molecule has 21 heavy (non-hydrogen) atoms. The van der Waals surface area contributed by atoms with Crippen LogP contribution in [0, 0.1) is 6.92 Å². The van der Waals surface area contributed by atoms with Crippen molar-refractivity contribution in [3.63, 3.8) is 0 Å². The van der Waals surface area contributed by atoms with E-state index in [-0.39, 0.29) is 5.91 Å². The highest BCUT2D eigenvalue weighted by atomic mass is 16.5. The number of rotatable bonds is 6. The molecule has 0 aliphatic carbocycles. The fourth-order valence-corrected chi connectivity index (χ4v) is 2.64. The minimum atomic E-state index is 0.0408. The highest BCUT2D eigenvalue weighted by Gasteiger charge is 2.16. The van der Waals surface area contributed by atoms with Gasteiger partial charge in [0.15, 0.2) is 11.5 Å². The van der Waals surface area contributed by atoms with Crippen LogP contribution < -0.4 is 20.1 Å². The second kappa shape index (κ2) is 7.31. The Labute approximate surface area is 126 Å². The molecule has 1 heterocycles. The first-order chi connectivity index (χ1) is 10.1. The second-order valence-corrected chi connectivity index (χ2v) is 5.40. The van der Waals surface area contributed by atoms with Crippen molar-refractivity contribution in [3.05, 3.63) is 17.7 Å². The molecule has 0 aromatic heterocycles. The zero-order chi connectivity index (χ0) is 15.2. The SMILES string of the molecule is COc1cc(C)c(NC(=O)CCC2CCCN2)cc1OC. The molecule has 0 saturated carbocycles. The van der Waals surface area contributed by atoms with Crippen LogP contribution in [-0.2, 0) is 4.79 Å². The largest absolute Gasteiger partial charge is 0.493 e. The molecule has 1 saturated heterocycles. The first kappa shape index (κ1) is 15.6. The number of hydrogen-bond acceptors (Lipinski definition) is 4. The van der Waals surface area contributed by atoms with Gasteiger partial charge < -0.3 is 20.1 Å². The molecule has 1 aliphatic heterocycles. The summed E-state index contributed by atoms with van der Waals surface area (Å²) >= 11 is 0. The lowest BCUT2D eigenvalue weighted by molar-refractivity contribution is -0.116. The Morgan fingerprint density at radius 2 is 2.05 bits per heavy atom. The van der Waals surface area contributed by atoms with Gasteiger partial charge in [-0.1, -0.05) is 0 Å². The van der Waals surface area contributed by atoms with Crippen molar-refractivity contribution >= 4 is 11.6 Å². The van der Waals surface area contributed by atoms with Gasteiger partial charge in [0.05, 0.1) is 14.2 Å². The van der Waals surface area contributed by atoms with Gasteiger partial charge in [0.25, 0.3) is 0 Å². The molecule has 0 radical (unpaired) electrons. The van der Waals surface area contributed by atoms with Gasteiger partial charge in [0, 0.05) is 24.2 Å². The van der Waals surface area contributed by atoms with Gasteiger partial charge in [-0.15, -0.1) is 0 Å². The first-order valence-electron chi connectivity index (χ1n) is 7.40. The summed E-state index contributed by atoms with van der Waals surface area (Å²) in [6.07, 6.45) is 3.80. The fraction of sp³-hybridized carbons (Fsp3) is 0.562. The molecule has 1 unspecified atom stereocenters. The van der Waals surface area contributed by atoms with Crippen molar-refractivity contribution in [3.8, 4) is 11.5 Å². The van der Waals surface area contributed by atoms with Crippen LogP contribution in [0.4, 0.5) is 5.69 Å². The zero-order valence-corrected chi connectivity index (χ0v) is 13.0. The maximum Gasteiger partial charge on any atom is 0.224 e. The number of benzene rings is 1. The zero-order valence-electron chi connectivity index (χ0n) is 13.0. The summed E-state index contributed by atoms with van der Waals surface area (Å²) in [6.45, 7) is 3.01. The quantitative estimate of drug-likeness (QED) is 0.845. The summed E-state index contributed by atoms with van der Waals surface area (Å²) in [4.78, 5) is 12.1. The normalized spacial score (nSPS) is 17.6. The number of anilines is 1. The molecule has 1 aliphatic rings. The molecule has 2 rings (SSSR count). The molecule has 0 bridgehead atoms. The van der Waals surface area contributed by atoms with E-state index < -0.39 is 0 Å². The first-order valence-corrected chi connectivity index (χ1v) is 7.40. The molecule has 0 spiro atoms. The van der Waals surface area contributed by atoms with Crippen molar-refractivity contribution in [2.75, 3.05) is 26.1 Å². The predicted octanol–water partition coefficient (Wildman–Crippen LogP) is 2.48. The summed E-state index contributed by atoms with van der Waals surface area (Å²) in [6, 6.07) is 4.16. The van der Waals surface area contributed by atoms with Gasteiger partial charge in [0.1, 0.15) is 0 Å². The van der Waals surface area contributed by atoms with Crippen molar-refractivity contribution in [2.24, 2.45) is 0 Å². The highest BCUT2D eigenvalue weighted by molar-refractivity contribution is 5.92. The Morgan fingerprint density at radius 1 is 1.33 bits per heavy atom. The lowest BCUT2D eigenvalue weighted by Crippen LogP contribution is -2.23. The van der Waals surface area contributed by atoms with E-state index in [4.69, 9.17) is 9.47 Å². The summed E-state index contributed by atoms with van der Waals surface area (Å²) in [5.41, 5.74) is 1.73. The Bertz CT molecular complexity index is 497. The van der Waals surface area contributed by atoms with Crippen LogP contribution in [0.5, 0.6) is 11.5 Å². The van der Waals surface area contributed by atoms with Crippen LogP contribution in [0.3, 0.4) is 0 Å². The van der Waals surface area contributed by atoms with Crippen LogP contribution in [0.1, 0.15) is 31.2 Å². The Balaban J connectivity index is 1.96. The third-order valence-corrected chi connectivity index (χ3v) is 3.89. The molecular weight excluding hydrogens is 268 g/mol. The van der Waals surface area contributed by atoms with Gasteiger partial charge >= 0.3 is 0 Å². The number of carbonyl (C=O) groups excluding carboxylic acids is 1. The van der Waals surface area contributed by atoms with Crippen molar-refractivity contribution in [1.82, 2.24) is 5.32 Å². The molecule has 2 N–H and O–H groups in total. The van der Waals surface area contributed by atoms with Crippen LogP contribution in [0.2, 0.25) is 0 Å². The molecule has 1 aromatic carbocycles. The second-order valence-electron chi connectivity index (χ2n) is 5.40. The summed E-state index contributed by atoms with van der Waals surface area (Å²) in [5.74, 6) is 1.33. The Hall–Kier alpha value is -1.75. The van der Waals surface area contributed by atoms with E-state index in [1.807, 2.05) is 13.0 Å². The third-order valence-electron chi connectivity index (χ3n) is 3.89. The summed E-state index contributed by atoms with van der Waals surface area (Å²) in [5, 5.41) is 6.36. The predicted molar refractivity (Wildman–Crippen MR) is 83.2 cm³/mol. The highest BCUT2D eigenvalue weighted by Crippen LogP contribution is 2.33. The maximum absolute atomic E-state index is 12.1. The van der Waals surface area contributed by atoms with Crippen LogP contribution >= 0.6 is 0 Å². The Kier molecular flexibility index (Phi) is 5.44. The molecule has 1 aromatic rings. The number of ether oxygens (including phenoxy) is 2. The van der Waals surface area contributed by atoms with Crippen molar-refractivity contribution in [1.29, 1.82) is 0 Å². The lowest BCUT2D eigenvalue weighted by atomic mass is 10.1. The van der Waals surface area contributed by atoms with E-state index >= 15 is 0 Å². The molecule has 1 fully saturated rings. The number of amides is 1. The topological polar surface area (TPSA) is 59.6 Å². The standard InChI is InChI=1S/C16H24N2O3/c1-11-9-14(20-2)15(21-3)10-13(11)18-16(19)7-6-12-5-4-8-17-12/h9-10,12,17H,4-8H2,1-3H3,(H,18,19). The van der Waals surface area contributed by atoms with E-state index in [0.29, 0.717) is 24.0 Å². The molecular formula is C16H24N2O3. The van der Waals surface area contributed by atoms with Gasteiger partial charge in [-0.25, -0.2) is 0 Å². The van der Waals surface area contributed by atoms with Crippen molar-refractivity contribution < 1.29 is 14.3 Å². The lowest BCUT2D eigenvalue weighted by Gasteiger charge is -2.14. The molecule has 116 valence electrons. The number of methoxy groups -OCH3 is 2. The molecule has 1 atom stereocenters. The van der Waals surface area contributed by atoms with E-state index in [0.717, 1.165) is 24.2 Å². The monoisotopic (exact) mass is 292 g/mol. The van der Waals surface area contributed by atoms with E-state index in [9.17, 15) is 4.79 Å². The van der Waals surface area contributed by atoms with Crippen LogP contribution in [0.15, 0.2) is 12.1 Å². The minimum absolute atomic E-state index is 0.0408. The van der Waals surface area contributed by atoms with E-state index in [1.165, 1.54) is 12.8 Å². The average molecular weight is 292 g/mol. The molecule has 5 heteroatoms. The van der Waals surface area contributed by atoms with Crippen LogP contribution in [0.25, 0.3) is 0 Å². The number of aryl methyl sites for hydroxylation is 1. The fourth-order valence-electron chi connectivity index (χ4n) is 2.64. The maximum atomic E-state index is 12.1. The number of carbonyl (C=O) groups is 1. The minimum Gasteiger partial charge on any atom is -0.493 e. The summed E-state index contributed by atoms with van der Waals surface area (Å²) in [7, 11) is 3.19. The van der Waals surface area contributed by atoms with Gasteiger partial charge in [-0.2, -0.15) is 0 Å². The summed E-state index contributed by atoms with van der Waals surface area (Å²) < 4.78 is 10.5. The molecule has 1 amide bonds. The number of hydrogen-bond donors (Lipinski definition) is 2. The smallest absolute Gasteiger partial charge is 0.224 e. The van der Waals surface area contributed by atoms with Crippen molar-refractivity contribution in [2.45, 2.75) is 38.6 Å².